The Bertz CT molecular complexity index is 1000. The van der Waals surface area contributed by atoms with Crippen LogP contribution in [0.25, 0.3) is 22.5 Å². The van der Waals surface area contributed by atoms with Crippen LogP contribution in [-0.2, 0) is 0 Å². The minimum atomic E-state index is -1.49. The summed E-state index contributed by atoms with van der Waals surface area (Å²) in [5.74, 6) is -2.31. The van der Waals surface area contributed by atoms with Gasteiger partial charge in [-0.25, -0.2) is 23.1 Å². The van der Waals surface area contributed by atoms with Crippen LogP contribution in [0.2, 0.25) is 0 Å². The predicted molar refractivity (Wildman–Crippen MR) is 122 cm³/mol. The topological polar surface area (TPSA) is 25.8 Å². The second kappa shape index (κ2) is 10.3. The zero-order valence-electron chi connectivity index (χ0n) is 18.5. The van der Waals surface area contributed by atoms with Crippen LogP contribution < -0.4 is 0 Å². The Kier molecular flexibility index (Phi) is 7.23. The normalized spacial score (nSPS) is 18.6. The first kappa shape index (κ1) is 22.5. The molecule has 5 heteroatoms. The largest absolute Gasteiger partial charge is 0.236 e. The Morgan fingerprint density at radius 2 is 1.41 bits per heavy atom. The Morgan fingerprint density at radius 3 is 2.00 bits per heavy atom. The van der Waals surface area contributed by atoms with Gasteiger partial charge in [0.2, 0.25) is 0 Å². The van der Waals surface area contributed by atoms with Crippen molar-refractivity contribution in [3.8, 4) is 22.5 Å². The van der Waals surface area contributed by atoms with E-state index in [1.165, 1.54) is 56.9 Å². The molecule has 1 aliphatic rings. The van der Waals surface area contributed by atoms with Gasteiger partial charge in [0.1, 0.15) is 0 Å². The molecule has 0 bridgehead atoms. The SMILES string of the molecule is CCCCCC1CCC(c2ccc(-c3cnc(-c4cc(F)c(F)c(F)c4)nc3)cc2)CC1. The summed E-state index contributed by atoms with van der Waals surface area (Å²) in [7, 11) is 0. The van der Waals surface area contributed by atoms with E-state index in [4.69, 9.17) is 0 Å². The minimum absolute atomic E-state index is 0.105. The van der Waals surface area contributed by atoms with Gasteiger partial charge in [-0.2, -0.15) is 0 Å². The number of halogens is 3. The van der Waals surface area contributed by atoms with Gasteiger partial charge in [-0.05, 0) is 60.8 Å². The Hall–Kier alpha value is -2.69. The molecule has 0 spiro atoms. The molecule has 0 saturated heterocycles. The summed E-state index contributed by atoms with van der Waals surface area (Å²) in [6.45, 7) is 2.26. The van der Waals surface area contributed by atoms with Crippen molar-refractivity contribution in [2.24, 2.45) is 5.92 Å². The highest BCUT2D eigenvalue weighted by Crippen LogP contribution is 2.38. The zero-order valence-corrected chi connectivity index (χ0v) is 18.5. The molecule has 2 nitrogen and oxygen atoms in total. The van der Waals surface area contributed by atoms with E-state index in [0.29, 0.717) is 5.92 Å². The van der Waals surface area contributed by atoms with Crippen molar-refractivity contribution >= 4 is 0 Å². The van der Waals surface area contributed by atoms with Crippen LogP contribution in [0, 0.1) is 23.4 Å². The number of hydrogen-bond acceptors (Lipinski definition) is 2. The van der Waals surface area contributed by atoms with Gasteiger partial charge in [0.05, 0.1) is 0 Å². The lowest BCUT2D eigenvalue weighted by molar-refractivity contribution is 0.303. The molecule has 0 amide bonds. The summed E-state index contributed by atoms with van der Waals surface area (Å²) in [4.78, 5) is 8.44. The summed E-state index contributed by atoms with van der Waals surface area (Å²) in [6.07, 6.45) is 13.8. The van der Waals surface area contributed by atoms with Crippen molar-refractivity contribution < 1.29 is 13.2 Å². The molecule has 0 N–H and O–H groups in total. The van der Waals surface area contributed by atoms with Gasteiger partial charge in [-0.15, -0.1) is 0 Å². The number of benzene rings is 2. The molecule has 2 aromatic carbocycles. The molecule has 1 saturated carbocycles. The number of unbranched alkanes of at least 4 members (excludes halogenated alkanes) is 2. The second-order valence-corrected chi connectivity index (χ2v) is 8.88. The number of nitrogens with zero attached hydrogens (tertiary/aromatic N) is 2. The first-order chi connectivity index (χ1) is 15.5. The molecule has 1 fully saturated rings. The third-order valence-electron chi connectivity index (χ3n) is 6.67. The Labute approximate surface area is 187 Å². The van der Waals surface area contributed by atoms with Crippen LogP contribution in [0.1, 0.15) is 69.8 Å². The molecule has 32 heavy (non-hydrogen) atoms. The summed E-state index contributed by atoms with van der Waals surface area (Å²) in [6, 6.07) is 10.4. The molecule has 1 aromatic heterocycles. The van der Waals surface area contributed by atoms with Crippen molar-refractivity contribution in [1.82, 2.24) is 9.97 Å². The van der Waals surface area contributed by atoms with E-state index in [2.05, 4.69) is 41.2 Å². The standard InChI is InChI=1S/C27H29F3N2/c1-2-3-4-5-18-6-8-19(9-7-18)20-10-12-21(13-11-20)23-16-31-27(32-17-23)22-14-24(28)26(30)25(29)15-22/h10-19H,2-9H2,1H3. The highest BCUT2D eigenvalue weighted by Gasteiger charge is 2.22. The van der Waals surface area contributed by atoms with E-state index in [9.17, 15) is 13.2 Å². The van der Waals surface area contributed by atoms with Crippen LogP contribution in [0.5, 0.6) is 0 Å². The van der Waals surface area contributed by atoms with E-state index in [1.54, 1.807) is 12.4 Å². The fourth-order valence-electron chi connectivity index (χ4n) is 4.73. The highest BCUT2D eigenvalue weighted by atomic mass is 19.2. The van der Waals surface area contributed by atoms with Crippen LogP contribution in [0.4, 0.5) is 13.2 Å². The third-order valence-corrected chi connectivity index (χ3v) is 6.67. The Balaban J connectivity index is 1.39. The lowest BCUT2D eigenvalue weighted by Crippen LogP contribution is -2.13. The summed E-state index contributed by atoms with van der Waals surface area (Å²) in [5, 5.41) is 0. The number of hydrogen-bond donors (Lipinski definition) is 0. The molecular formula is C27H29F3N2. The van der Waals surface area contributed by atoms with Crippen molar-refractivity contribution in [2.45, 2.75) is 64.2 Å². The molecular weight excluding hydrogens is 409 g/mol. The van der Waals surface area contributed by atoms with Crippen LogP contribution in [0.15, 0.2) is 48.8 Å². The summed E-state index contributed by atoms with van der Waals surface area (Å²) >= 11 is 0. The fourth-order valence-corrected chi connectivity index (χ4v) is 4.73. The molecule has 168 valence electrons. The van der Waals surface area contributed by atoms with Gasteiger partial charge in [-0.1, -0.05) is 56.9 Å². The maximum absolute atomic E-state index is 13.5. The van der Waals surface area contributed by atoms with Crippen LogP contribution in [0.3, 0.4) is 0 Å². The lowest BCUT2D eigenvalue weighted by atomic mass is 9.77. The maximum atomic E-state index is 13.5. The highest BCUT2D eigenvalue weighted by molar-refractivity contribution is 5.64. The minimum Gasteiger partial charge on any atom is -0.236 e. The first-order valence-corrected chi connectivity index (χ1v) is 11.6. The van der Waals surface area contributed by atoms with Crippen molar-refractivity contribution in [2.75, 3.05) is 0 Å². The zero-order chi connectivity index (χ0) is 22.5. The van der Waals surface area contributed by atoms with Gasteiger partial charge in [0.15, 0.2) is 23.3 Å². The fraction of sp³-hybridized carbons (Fsp3) is 0.407. The number of rotatable bonds is 7. The lowest BCUT2D eigenvalue weighted by Gasteiger charge is -2.29. The average molecular weight is 439 g/mol. The van der Waals surface area contributed by atoms with Crippen molar-refractivity contribution in [3.05, 3.63) is 71.8 Å². The predicted octanol–water partition coefficient (Wildman–Crippen LogP) is 8.08. The van der Waals surface area contributed by atoms with E-state index in [-0.39, 0.29) is 11.4 Å². The maximum Gasteiger partial charge on any atom is 0.194 e. The van der Waals surface area contributed by atoms with Gasteiger partial charge in [-0.3, -0.25) is 0 Å². The molecule has 0 atom stereocenters. The van der Waals surface area contributed by atoms with Crippen LogP contribution in [-0.4, -0.2) is 9.97 Å². The molecule has 0 radical (unpaired) electrons. The quantitative estimate of drug-likeness (QED) is 0.275. The smallest absolute Gasteiger partial charge is 0.194 e. The number of aromatic nitrogens is 2. The molecule has 1 aliphatic carbocycles. The summed E-state index contributed by atoms with van der Waals surface area (Å²) < 4.78 is 40.1. The van der Waals surface area contributed by atoms with Gasteiger partial charge in [0.25, 0.3) is 0 Å². The Morgan fingerprint density at radius 1 is 0.781 bits per heavy atom. The first-order valence-electron chi connectivity index (χ1n) is 11.6. The molecule has 0 unspecified atom stereocenters. The van der Waals surface area contributed by atoms with Crippen LogP contribution >= 0.6 is 0 Å². The van der Waals surface area contributed by atoms with E-state index in [1.807, 2.05) is 0 Å². The second-order valence-electron chi connectivity index (χ2n) is 8.88. The molecule has 1 heterocycles. The van der Waals surface area contributed by atoms with Gasteiger partial charge in [0, 0.05) is 23.5 Å². The average Bonchev–Trinajstić information content (AvgIpc) is 2.83. The van der Waals surface area contributed by atoms with E-state index < -0.39 is 17.5 Å². The van der Waals surface area contributed by atoms with Gasteiger partial charge >= 0.3 is 0 Å². The van der Waals surface area contributed by atoms with Gasteiger partial charge < -0.3 is 0 Å². The van der Waals surface area contributed by atoms with E-state index in [0.717, 1.165) is 29.2 Å². The molecule has 3 aromatic rings. The monoisotopic (exact) mass is 438 g/mol. The van der Waals surface area contributed by atoms with E-state index >= 15 is 0 Å². The van der Waals surface area contributed by atoms with Crippen molar-refractivity contribution in [1.29, 1.82) is 0 Å². The summed E-state index contributed by atoms with van der Waals surface area (Å²) in [5.41, 5.74) is 3.30. The molecule has 4 rings (SSSR count). The molecule has 0 aliphatic heterocycles. The third kappa shape index (κ3) is 5.20. The van der Waals surface area contributed by atoms with Crippen molar-refractivity contribution in [3.63, 3.8) is 0 Å².